The number of hydrogen-bond donors (Lipinski definition) is 0. The van der Waals surface area contributed by atoms with Gasteiger partial charge in [-0.3, -0.25) is 0 Å². The summed E-state index contributed by atoms with van der Waals surface area (Å²) in [7, 11) is 3.30. The fourth-order valence-electron chi connectivity index (χ4n) is 3.63. The Morgan fingerprint density at radius 1 is 1.00 bits per heavy atom. The number of hydrogen-bond acceptors (Lipinski definition) is 6. The molecule has 2 atom stereocenters. The van der Waals surface area contributed by atoms with Gasteiger partial charge in [-0.1, -0.05) is 37.8 Å². The monoisotopic (exact) mass is 434 g/mol. The Morgan fingerprint density at radius 2 is 1.74 bits per heavy atom. The molecule has 174 valence electrons. The second kappa shape index (κ2) is 15.0. The maximum absolute atomic E-state index is 11.8. The summed E-state index contributed by atoms with van der Waals surface area (Å²) in [5.41, 5.74) is 1.94. The molecule has 0 aliphatic carbocycles. The lowest BCUT2D eigenvalue weighted by Gasteiger charge is -2.17. The number of ether oxygens (including phenoxy) is 5. The number of methoxy groups -OCH3 is 2. The molecule has 1 aromatic rings. The molecule has 31 heavy (non-hydrogen) atoms. The number of cyclic esters (lactones) is 1. The third-order valence-electron chi connectivity index (χ3n) is 5.39. The van der Waals surface area contributed by atoms with Gasteiger partial charge in [0.15, 0.2) is 0 Å². The lowest BCUT2D eigenvalue weighted by Crippen LogP contribution is -2.16. The van der Waals surface area contributed by atoms with Crippen LogP contribution in [0.1, 0.15) is 63.9 Å². The molecule has 0 spiro atoms. The molecular weight excluding hydrogens is 396 g/mol. The summed E-state index contributed by atoms with van der Waals surface area (Å²) >= 11 is 0. The van der Waals surface area contributed by atoms with E-state index in [1.54, 1.807) is 14.2 Å². The standard InChI is InChI=1S/C25H38O6/c1-20-17-22(25(26)31-20)12-15-24(30-19-27-2)9-7-5-4-6-8-16-29-18-21-10-13-23(28-3)14-11-21/h10-11,13-14,17,20,24H,4-9,12,15-16,18-19H2,1-3H3/t20-,24-/m0/s1. The van der Waals surface area contributed by atoms with Gasteiger partial charge in [-0.05, 0) is 56.4 Å². The lowest BCUT2D eigenvalue weighted by atomic mass is 10.0. The molecule has 0 N–H and O–H groups in total. The van der Waals surface area contributed by atoms with Crippen LogP contribution in [0.3, 0.4) is 0 Å². The Bertz CT molecular complexity index is 654. The van der Waals surface area contributed by atoms with Gasteiger partial charge >= 0.3 is 5.97 Å². The highest BCUT2D eigenvalue weighted by Gasteiger charge is 2.23. The van der Waals surface area contributed by atoms with Crippen LogP contribution in [0.2, 0.25) is 0 Å². The molecule has 1 aliphatic rings. The number of benzene rings is 1. The van der Waals surface area contributed by atoms with E-state index < -0.39 is 0 Å². The van der Waals surface area contributed by atoms with E-state index in [-0.39, 0.29) is 25.0 Å². The number of unbranched alkanes of at least 4 members (excludes halogenated alkanes) is 4. The SMILES string of the molecule is COCO[C@@H](CCCCCCCOCc1ccc(OC)cc1)CCC1=C[C@H](C)OC1=O. The molecule has 1 aromatic carbocycles. The van der Waals surface area contributed by atoms with E-state index in [4.69, 9.17) is 23.7 Å². The molecule has 0 bridgehead atoms. The largest absolute Gasteiger partial charge is 0.497 e. The van der Waals surface area contributed by atoms with Crippen LogP contribution >= 0.6 is 0 Å². The Morgan fingerprint density at radius 3 is 2.42 bits per heavy atom. The van der Waals surface area contributed by atoms with Crippen LogP contribution in [0.15, 0.2) is 35.9 Å². The number of carbonyl (C=O) groups is 1. The zero-order valence-corrected chi connectivity index (χ0v) is 19.3. The van der Waals surface area contributed by atoms with Crippen LogP contribution < -0.4 is 4.74 Å². The van der Waals surface area contributed by atoms with E-state index in [2.05, 4.69) is 0 Å². The molecule has 1 heterocycles. The van der Waals surface area contributed by atoms with Gasteiger partial charge in [-0.15, -0.1) is 0 Å². The van der Waals surface area contributed by atoms with Gasteiger partial charge in [0.2, 0.25) is 0 Å². The van der Waals surface area contributed by atoms with Crippen molar-refractivity contribution in [3.8, 4) is 5.75 Å². The quantitative estimate of drug-likeness (QED) is 0.191. The summed E-state index contributed by atoms with van der Waals surface area (Å²) in [6.07, 6.45) is 10.1. The Balaban J connectivity index is 1.51. The Kier molecular flexibility index (Phi) is 12.3. The Labute approximate surface area is 186 Å². The van der Waals surface area contributed by atoms with Crippen molar-refractivity contribution in [2.24, 2.45) is 0 Å². The first kappa shape index (κ1) is 25.4. The van der Waals surface area contributed by atoms with Crippen molar-refractivity contribution in [2.75, 3.05) is 27.6 Å². The molecule has 0 radical (unpaired) electrons. The first-order valence-electron chi connectivity index (χ1n) is 11.3. The van der Waals surface area contributed by atoms with Gasteiger partial charge in [-0.2, -0.15) is 0 Å². The van der Waals surface area contributed by atoms with Crippen LogP contribution in [0.4, 0.5) is 0 Å². The van der Waals surface area contributed by atoms with E-state index in [0.29, 0.717) is 13.0 Å². The van der Waals surface area contributed by atoms with Crippen LogP contribution in [-0.2, 0) is 30.3 Å². The summed E-state index contributed by atoms with van der Waals surface area (Å²) in [5.74, 6) is 0.679. The smallest absolute Gasteiger partial charge is 0.334 e. The molecule has 0 aromatic heterocycles. The van der Waals surface area contributed by atoms with Crippen molar-refractivity contribution >= 4 is 5.97 Å². The van der Waals surface area contributed by atoms with Crippen molar-refractivity contribution in [1.29, 1.82) is 0 Å². The van der Waals surface area contributed by atoms with Gasteiger partial charge < -0.3 is 23.7 Å². The first-order valence-corrected chi connectivity index (χ1v) is 11.3. The van der Waals surface area contributed by atoms with E-state index >= 15 is 0 Å². The maximum atomic E-state index is 11.8. The Hall–Kier alpha value is -1.89. The molecule has 2 rings (SSSR count). The minimum Gasteiger partial charge on any atom is -0.497 e. The number of esters is 1. The molecule has 0 saturated carbocycles. The second-order valence-corrected chi connectivity index (χ2v) is 7.99. The van der Waals surface area contributed by atoms with Crippen LogP contribution in [0.25, 0.3) is 0 Å². The number of rotatable bonds is 17. The third kappa shape index (κ3) is 10.3. The molecular formula is C25H38O6. The fraction of sp³-hybridized carbons (Fsp3) is 0.640. The second-order valence-electron chi connectivity index (χ2n) is 7.99. The normalized spacial score (nSPS) is 16.8. The van der Waals surface area contributed by atoms with E-state index in [9.17, 15) is 4.79 Å². The molecule has 1 aliphatic heterocycles. The van der Waals surface area contributed by atoms with E-state index in [1.807, 2.05) is 37.3 Å². The molecule has 0 saturated heterocycles. The maximum Gasteiger partial charge on any atom is 0.334 e. The first-order chi connectivity index (χ1) is 15.1. The summed E-state index contributed by atoms with van der Waals surface area (Å²) in [6.45, 7) is 3.60. The van der Waals surface area contributed by atoms with Crippen LogP contribution in [0.5, 0.6) is 5.75 Å². The third-order valence-corrected chi connectivity index (χ3v) is 5.39. The molecule has 0 unspecified atom stereocenters. The zero-order chi connectivity index (χ0) is 22.3. The summed E-state index contributed by atoms with van der Waals surface area (Å²) in [4.78, 5) is 11.8. The molecule has 6 heteroatoms. The lowest BCUT2D eigenvalue weighted by molar-refractivity contribution is -0.139. The minimum absolute atomic E-state index is 0.109. The van der Waals surface area contributed by atoms with Crippen LogP contribution in [-0.4, -0.2) is 45.8 Å². The van der Waals surface area contributed by atoms with Crippen molar-refractivity contribution in [3.05, 3.63) is 41.5 Å². The van der Waals surface area contributed by atoms with Crippen molar-refractivity contribution in [2.45, 2.75) is 77.1 Å². The van der Waals surface area contributed by atoms with Gasteiger partial charge in [0.05, 0.1) is 19.8 Å². The molecule has 0 fully saturated rings. The number of carbonyl (C=O) groups excluding carboxylic acids is 1. The van der Waals surface area contributed by atoms with Gasteiger partial charge in [0.1, 0.15) is 18.6 Å². The highest BCUT2D eigenvalue weighted by molar-refractivity contribution is 5.90. The minimum atomic E-state index is -0.188. The topological polar surface area (TPSA) is 63.2 Å². The summed E-state index contributed by atoms with van der Waals surface area (Å²) < 4.78 is 26.9. The average molecular weight is 435 g/mol. The predicted molar refractivity (Wildman–Crippen MR) is 120 cm³/mol. The predicted octanol–water partition coefficient (Wildman–Crippen LogP) is 5.19. The van der Waals surface area contributed by atoms with Gasteiger partial charge in [-0.25, -0.2) is 4.79 Å². The summed E-state index contributed by atoms with van der Waals surface area (Å²) in [6, 6.07) is 7.99. The summed E-state index contributed by atoms with van der Waals surface area (Å²) in [5, 5.41) is 0. The van der Waals surface area contributed by atoms with Crippen LogP contribution in [0, 0.1) is 0 Å². The molecule has 6 nitrogen and oxygen atoms in total. The van der Waals surface area contributed by atoms with Crippen molar-refractivity contribution < 1.29 is 28.5 Å². The van der Waals surface area contributed by atoms with Crippen molar-refractivity contribution in [3.63, 3.8) is 0 Å². The molecule has 0 amide bonds. The van der Waals surface area contributed by atoms with Crippen molar-refractivity contribution in [1.82, 2.24) is 0 Å². The highest BCUT2D eigenvalue weighted by Crippen LogP contribution is 2.22. The van der Waals surface area contributed by atoms with E-state index in [0.717, 1.165) is 43.6 Å². The fourth-order valence-corrected chi connectivity index (χ4v) is 3.63. The highest BCUT2D eigenvalue weighted by atomic mass is 16.7. The van der Waals surface area contributed by atoms with E-state index in [1.165, 1.54) is 24.8 Å². The average Bonchev–Trinajstić information content (AvgIpc) is 3.11. The van der Waals surface area contributed by atoms with Gasteiger partial charge in [0, 0.05) is 19.3 Å². The van der Waals surface area contributed by atoms with Gasteiger partial charge in [0.25, 0.3) is 0 Å². The zero-order valence-electron chi connectivity index (χ0n) is 19.3.